The number of ether oxygens (including phenoxy) is 2. The smallest absolute Gasteiger partial charge is 0.271 e. The van der Waals surface area contributed by atoms with E-state index in [1.807, 2.05) is 12.1 Å². The number of fused-ring (bicyclic) bond motifs is 2. The highest BCUT2D eigenvalue weighted by atomic mass is 35.5. The van der Waals surface area contributed by atoms with Gasteiger partial charge in [0.25, 0.3) is 5.56 Å². The Bertz CT molecular complexity index is 1590. The van der Waals surface area contributed by atoms with Crippen molar-refractivity contribution in [3.05, 3.63) is 56.0 Å². The summed E-state index contributed by atoms with van der Waals surface area (Å²) in [6.07, 6.45) is 2.04. The van der Waals surface area contributed by atoms with Gasteiger partial charge in [0, 0.05) is 44.3 Å². The number of H-pyrrole nitrogens is 1. The Labute approximate surface area is 231 Å². The lowest BCUT2D eigenvalue weighted by Gasteiger charge is -2.27. The summed E-state index contributed by atoms with van der Waals surface area (Å²) >= 11 is 1.23. The van der Waals surface area contributed by atoms with Gasteiger partial charge in [-0.3, -0.25) is 18.9 Å². The first kappa shape index (κ1) is 26.7. The number of benzene rings is 2. The summed E-state index contributed by atoms with van der Waals surface area (Å²) in [5, 5.41) is 4.14. The van der Waals surface area contributed by atoms with Gasteiger partial charge in [0.05, 0.1) is 18.0 Å². The number of nitrogens with zero attached hydrogens (tertiary/aromatic N) is 2. The second-order valence-electron chi connectivity index (χ2n) is 10.1. The highest BCUT2D eigenvalue weighted by molar-refractivity contribution is 7.12. The van der Waals surface area contributed by atoms with Crippen molar-refractivity contribution in [3.63, 3.8) is 0 Å². The lowest BCUT2D eigenvalue weighted by Crippen LogP contribution is -2.44. The lowest BCUT2D eigenvalue weighted by molar-refractivity contribution is 0.190. The van der Waals surface area contributed by atoms with E-state index < -0.39 is 0 Å². The van der Waals surface area contributed by atoms with E-state index in [-0.39, 0.29) is 34.8 Å². The summed E-state index contributed by atoms with van der Waals surface area (Å²) in [7, 11) is 1.65. The number of aryl methyl sites for hydroxylation is 2. The molecule has 0 atom stereocenters. The molecular formula is C28H33ClN4O4S. The molecule has 2 aromatic heterocycles. The molecule has 2 aliphatic rings. The normalized spacial score (nSPS) is 16.1. The van der Waals surface area contributed by atoms with Gasteiger partial charge in [-0.2, -0.15) is 0 Å². The van der Waals surface area contributed by atoms with Crippen LogP contribution >= 0.6 is 23.9 Å². The van der Waals surface area contributed by atoms with Gasteiger partial charge in [-0.25, -0.2) is 0 Å². The first-order valence-corrected chi connectivity index (χ1v) is 13.7. The third-order valence-corrected chi connectivity index (χ3v) is 8.38. The van der Waals surface area contributed by atoms with E-state index >= 15 is 0 Å². The zero-order chi connectivity index (χ0) is 25.7. The molecule has 4 aromatic rings. The summed E-state index contributed by atoms with van der Waals surface area (Å²) in [4.78, 5) is 28.9. The van der Waals surface area contributed by atoms with E-state index in [0.717, 1.165) is 79.1 Å². The minimum absolute atomic E-state index is 0. The zero-order valence-electron chi connectivity index (χ0n) is 21.9. The lowest BCUT2D eigenvalue weighted by atomic mass is 9.97. The van der Waals surface area contributed by atoms with Crippen LogP contribution in [0.25, 0.3) is 32.2 Å². The Balaban J connectivity index is 0.00000294. The quantitative estimate of drug-likeness (QED) is 0.354. The number of aromatic amines is 1. The number of methoxy groups -OCH3 is 1. The molecule has 0 bridgehead atoms. The standard InChI is InChI=1S/C28H32N4O4S.ClH/c1-16-14-18(15-17(2)25(16)36-13-12-31-10-8-29-9-11-31)20-6-7-21-23(26(20)35-3)32(19-4-5-19)28-22(24(21)33)27(34)30-37-28;/h6-7,14-15,19,29H,4-5,8-13H2,1-3H3,(H,30,34);1H. The Morgan fingerprint density at radius 1 is 1.05 bits per heavy atom. The van der Waals surface area contributed by atoms with Crippen LogP contribution in [0.3, 0.4) is 0 Å². The van der Waals surface area contributed by atoms with Crippen molar-refractivity contribution in [1.82, 2.24) is 19.2 Å². The fourth-order valence-electron chi connectivity index (χ4n) is 5.55. The molecule has 38 heavy (non-hydrogen) atoms. The number of rotatable bonds is 7. The first-order valence-electron chi connectivity index (χ1n) is 12.9. The van der Waals surface area contributed by atoms with Crippen molar-refractivity contribution in [2.24, 2.45) is 0 Å². The van der Waals surface area contributed by atoms with Crippen LogP contribution in [0.2, 0.25) is 0 Å². The van der Waals surface area contributed by atoms with Crippen LogP contribution < -0.4 is 25.8 Å². The molecule has 202 valence electrons. The molecule has 1 saturated carbocycles. The van der Waals surface area contributed by atoms with Crippen LogP contribution in [-0.2, 0) is 0 Å². The molecule has 0 amide bonds. The van der Waals surface area contributed by atoms with E-state index in [9.17, 15) is 9.59 Å². The molecule has 1 saturated heterocycles. The Morgan fingerprint density at radius 3 is 2.42 bits per heavy atom. The van der Waals surface area contributed by atoms with Gasteiger partial charge in [0.1, 0.15) is 22.6 Å². The second kappa shape index (κ2) is 10.7. The zero-order valence-corrected chi connectivity index (χ0v) is 23.5. The van der Waals surface area contributed by atoms with Crippen molar-refractivity contribution >= 4 is 45.1 Å². The van der Waals surface area contributed by atoms with Crippen LogP contribution in [-0.4, -0.2) is 60.3 Å². The van der Waals surface area contributed by atoms with Crippen molar-refractivity contribution in [3.8, 4) is 22.6 Å². The van der Waals surface area contributed by atoms with E-state index in [4.69, 9.17) is 9.47 Å². The molecular weight excluding hydrogens is 524 g/mol. The van der Waals surface area contributed by atoms with Crippen LogP contribution in [0.15, 0.2) is 33.9 Å². The van der Waals surface area contributed by atoms with E-state index in [0.29, 0.717) is 22.6 Å². The number of halogens is 1. The van der Waals surface area contributed by atoms with Gasteiger partial charge >= 0.3 is 0 Å². The third-order valence-electron chi connectivity index (χ3n) is 7.50. The van der Waals surface area contributed by atoms with Crippen LogP contribution in [0.5, 0.6) is 11.5 Å². The average Bonchev–Trinajstić information content (AvgIpc) is 3.66. The van der Waals surface area contributed by atoms with Crippen molar-refractivity contribution in [1.29, 1.82) is 0 Å². The molecule has 0 unspecified atom stereocenters. The van der Waals surface area contributed by atoms with Gasteiger partial charge < -0.3 is 19.4 Å². The topological polar surface area (TPSA) is 88.6 Å². The Morgan fingerprint density at radius 2 is 1.76 bits per heavy atom. The maximum Gasteiger partial charge on any atom is 0.271 e. The molecule has 2 fully saturated rings. The molecule has 0 radical (unpaired) electrons. The highest BCUT2D eigenvalue weighted by Gasteiger charge is 2.31. The predicted molar refractivity (Wildman–Crippen MR) is 156 cm³/mol. The van der Waals surface area contributed by atoms with Crippen molar-refractivity contribution in [2.45, 2.75) is 32.7 Å². The number of nitrogens with one attached hydrogen (secondary N) is 2. The van der Waals surface area contributed by atoms with E-state index in [2.05, 4.69) is 45.1 Å². The molecule has 6 rings (SSSR count). The molecule has 10 heteroatoms. The van der Waals surface area contributed by atoms with Crippen LogP contribution in [0.1, 0.15) is 30.0 Å². The van der Waals surface area contributed by atoms with Gasteiger partial charge in [0.2, 0.25) is 5.43 Å². The van der Waals surface area contributed by atoms with Crippen LogP contribution in [0.4, 0.5) is 0 Å². The first-order chi connectivity index (χ1) is 18.0. The average molecular weight is 557 g/mol. The summed E-state index contributed by atoms with van der Waals surface area (Å²) in [5.41, 5.74) is 4.28. The monoisotopic (exact) mass is 556 g/mol. The Kier molecular flexibility index (Phi) is 7.55. The molecule has 1 aliphatic carbocycles. The number of aromatic nitrogens is 2. The van der Waals surface area contributed by atoms with Gasteiger partial charge in [0.15, 0.2) is 5.75 Å². The molecule has 0 spiro atoms. The fraction of sp³-hybridized carbons (Fsp3) is 0.429. The molecule has 3 heterocycles. The fourth-order valence-corrected chi connectivity index (χ4v) is 6.47. The van der Waals surface area contributed by atoms with Gasteiger partial charge in [-0.05, 0) is 79.2 Å². The summed E-state index contributed by atoms with van der Waals surface area (Å²) < 4.78 is 17.1. The molecule has 8 nitrogen and oxygen atoms in total. The van der Waals surface area contributed by atoms with Crippen LogP contribution in [0, 0.1) is 13.8 Å². The van der Waals surface area contributed by atoms with Gasteiger partial charge in [-0.1, -0.05) is 0 Å². The summed E-state index contributed by atoms with van der Waals surface area (Å²) in [6, 6.07) is 8.29. The molecule has 2 N–H and O–H groups in total. The molecule has 1 aliphatic heterocycles. The summed E-state index contributed by atoms with van der Waals surface area (Å²) in [6.45, 7) is 9.89. The van der Waals surface area contributed by atoms with Crippen molar-refractivity contribution in [2.75, 3.05) is 46.4 Å². The third kappa shape index (κ3) is 4.62. The van der Waals surface area contributed by atoms with E-state index in [1.54, 1.807) is 7.11 Å². The number of piperazine rings is 1. The summed E-state index contributed by atoms with van der Waals surface area (Å²) in [5.74, 6) is 1.59. The SMILES string of the molecule is COc1c(-c2cc(C)c(OCCN3CCNCC3)c(C)c2)ccc2c(=O)c3c(=O)[nH]sc3n(C3CC3)c12.Cl. The minimum Gasteiger partial charge on any atom is -0.494 e. The second-order valence-corrected chi connectivity index (χ2v) is 10.9. The Hall–Kier alpha value is -2.85. The molecule has 2 aromatic carbocycles. The predicted octanol–water partition coefficient (Wildman–Crippen LogP) is 4.24. The minimum atomic E-state index is -0.317. The maximum absolute atomic E-state index is 13.3. The largest absolute Gasteiger partial charge is 0.494 e. The number of pyridine rings is 1. The number of hydrogen-bond donors (Lipinski definition) is 2. The number of hydrogen-bond acceptors (Lipinski definition) is 7. The maximum atomic E-state index is 13.3. The highest BCUT2D eigenvalue weighted by Crippen LogP contribution is 2.45. The van der Waals surface area contributed by atoms with Crippen molar-refractivity contribution < 1.29 is 9.47 Å². The van der Waals surface area contributed by atoms with Gasteiger partial charge in [-0.15, -0.1) is 12.4 Å². The van der Waals surface area contributed by atoms with E-state index in [1.165, 1.54) is 11.5 Å².